The van der Waals surface area contributed by atoms with E-state index < -0.39 is 0 Å². The Balaban J connectivity index is 1.82. The Kier molecular flexibility index (Phi) is 3.60. The lowest BCUT2D eigenvalue weighted by atomic mass is 9.87. The van der Waals surface area contributed by atoms with Crippen LogP contribution in [0, 0.1) is 17.2 Å². The molecule has 1 aromatic carbocycles. The maximum atomic E-state index is 9.02. The first-order chi connectivity index (χ1) is 9.78. The number of nitrogen functional groups attached to an aromatic ring is 1. The van der Waals surface area contributed by atoms with Crippen molar-refractivity contribution in [1.82, 2.24) is 9.55 Å². The summed E-state index contributed by atoms with van der Waals surface area (Å²) < 4.78 is 2.06. The summed E-state index contributed by atoms with van der Waals surface area (Å²) in [4.78, 5) is 4.38. The van der Waals surface area contributed by atoms with Gasteiger partial charge in [0.15, 0.2) is 0 Å². The van der Waals surface area contributed by atoms with Crippen LogP contribution in [0.2, 0.25) is 0 Å². The molecule has 104 valence electrons. The number of aryl methyl sites for hydroxylation is 1. The lowest BCUT2D eigenvalue weighted by Crippen LogP contribution is -2.11. The van der Waals surface area contributed by atoms with Crippen molar-refractivity contribution >= 4 is 17.0 Å². The highest BCUT2D eigenvalue weighted by atomic mass is 15.1. The van der Waals surface area contributed by atoms with E-state index in [4.69, 9.17) is 11.0 Å². The molecular weight excluding hydrogens is 248 g/mol. The van der Waals surface area contributed by atoms with E-state index in [1.807, 2.05) is 12.1 Å². The van der Waals surface area contributed by atoms with Gasteiger partial charge in [-0.3, -0.25) is 0 Å². The minimum absolute atomic E-state index is 0.561. The Labute approximate surface area is 119 Å². The molecule has 1 aliphatic carbocycles. The molecular formula is C16H20N4. The van der Waals surface area contributed by atoms with Gasteiger partial charge < -0.3 is 10.3 Å². The molecule has 1 fully saturated rings. The lowest BCUT2D eigenvalue weighted by Gasteiger charge is -2.21. The zero-order valence-electron chi connectivity index (χ0n) is 11.7. The second-order valence-electron chi connectivity index (χ2n) is 5.73. The van der Waals surface area contributed by atoms with Crippen LogP contribution in [0.1, 0.15) is 44.1 Å². The fourth-order valence-corrected chi connectivity index (χ4v) is 3.23. The van der Waals surface area contributed by atoms with Crippen molar-refractivity contribution in [3.63, 3.8) is 0 Å². The van der Waals surface area contributed by atoms with E-state index in [0.29, 0.717) is 11.5 Å². The second-order valence-corrected chi connectivity index (χ2v) is 5.73. The number of benzene rings is 1. The smallest absolute Gasteiger partial charge is 0.201 e. The summed E-state index contributed by atoms with van der Waals surface area (Å²) in [6.45, 7) is 0.905. The van der Waals surface area contributed by atoms with E-state index >= 15 is 0 Å². The molecule has 4 nitrogen and oxygen atoms in total. The Morgan fingerprint density at radius 2 is 2.10 bits per heavy atom. The quantitative estimate of drug-likeness (QED) is 0.926. The first kappa shape index (κ1) is 13.0. The summed E-state index contributed by atoms with van der Waals surface area (Å²) in [6.07, 6.45) is 7.96. The molecule has 1 aliphatic rings. The number of anilines is 1. The minimum atomic E-state index is 0.561. The maximum absolute atomic E-state index is 9.02. The van der Waals surface area contributed by atoms with Crippen LogP contribution in [-0.2, 0) is 6.54 Å². The minimum Gasteiger partial charge on any atom is -0.369 e. The van der Waals surface area contributed by atoms with Crippen molar-refractivity contribution in [3.05, 3.63) is 23.8 Å². The number of aromatic nitrogens is 2. The van der Waals surface area contributed by atoms with Crippen molar-refractivity contribution in [2.45, 2.75) is 45.1 Å². The van der Waals surface area contributed by atoms with Gasteiger partial charge in [-0.2, -0.15) is 5.26 Å². The molecule has 0 saturated heterocycles. The molecule has 1 saturated carbocycles. The van der Waals surface area contributed by atoms with Gasteiger partial charge in [0, 0.05) is 6.54 Å². The number of hydrogen-bond donors (Lipinski definition) is 1. The van der Waals surface area contributed by atoms with Crippen LogP contribution in [0.5, 0.6) is 0 Å². The summed E-state index contributed by atoms with van der Waals surface area (Å²) in [5.41, 5.74) is 8.56. The summed E-state index contributed by atoms with van der Waals surface area (Å²) >= 11 is 0. The van der Waals surface area contributed by atoms with Crippen molar-refractivity contribution in [3.8, 4) is 6.07 Å². The molecule has 20 heavy (non-hydrogen) atoms. The van der Waals surface area contributed by atoms with Gasteiger partial charge in [0.05, 0.1) is 22.7 Å². The van der Waals surface area contributed by atoms with Gasteiger partial charge in [-0.15, -0.1) is 0 Å². The molecule has 0 radical (unpaired) electrons. The molecule has 1 heterocycles. The zero-order chi connectivity index (χ0) is 13.9. The summed E-state index contributed by atoms with van der Waals surface area (Å²) in [5.74, 6) is 1.38. The van der Waals surface area contributed by atoms with Crippen molar-refractivity contribution in [2.24, 2.45) is 5.92 Å². The third-order valence-corrected chi connectivity index (χ3v) is 4.39. The molecule has 0 amide bonds. The monoisotopic (exact) mass is 268 g/mol. The Morgan fingerprint density at radius 1 is 1.30 bits per heavy atom. The predicted molar refractivity (Wildman–Crippen MR) is 80.1 cm³/mol. The van der Waals surface area contributed by atoms with Gasteiger partial charge in [-0.05, 0) is 30.5 Å². The van der Waals surface area contributed by atoms with E-state index in [0.717, 1.165) is 29.9 Å². The van der Waals surface area contributed by atoms with E-state index in [2.05, 4.69) is 15.6 Å². The first-order valence-corrected chi connectivity index (χ1v) is 7.44. The number of hydrogen-bond acceptors (Lipinski definition) is 3. The number of nitriles is 1. The zero-order valence-corrected chi connectivity index (χ0v) is 11.7. The highest BCUT2D eigenvalue weighted by Gasteiger charge is 2.15. The van der Waals surface area contributed by atoms with Crippen molar-refractivity contribution in [2.75, 3.05) is 5.73 Å². The lowest BCUT2D eigenvalue weighted by molar-refractivity contribution is 0.326. The van der Waals surface area contributed by atoms with Gasteiger partial charge in [-0.25, -0.2) is 4.98 Å². The molecule has 4 heteroatoms. The molecule has 0 spiro atoms. The van der Waals surface area contributed by atoms with Crippen molar-refractivity contribution in [1.29, 1.82) is 5.26 Å². The number of nitrogens with two attached hydrogens (primary N) is 1. The topological polar surface area (TPSA) is 67.6 Å². The van der Waals surface area contributed by atoms with E-state index in [9.17, 15) is 0 Å². The molecule has 0 bridgehead atoms. The molecule has 0 unspecified atom stereocenters. The van der Waals surface area contributed by atoms with Gasteiger partial charge >= 0.3 is 0 Å². The van der Waals surface area contributed by atoms with Crippen LogP contribution in [-0.4, -0.2) is 9.55 Å². The van der Waals surface area contributed by atoms with Crippen LogP contribution in [0.4, 0.5) is 5.95 Å². The Morgan fingerprint density at radius 3 is 2.85 bits per heavy atom. The predicted octanol–water partition coefficient (Wildman–Crippen LogP) is 3.46. The summed E-state index contributed by atoms with van der Waals surface area (Å²) in [6, 6.07) is 7.74. The molecule has 1 aromatic heterocycles. The highest BCUT2D eigenvalue weighted by molar-refractivity contribution is 5.79. The largest absolute Gasteiger partial charge is 0.369 e. The summed E-state index contributed by atoms with van der Waals surface area (Å²) in [7, 11) is 0. The average Bonchev–Trinajstić information content (AvgIpc) is 2.80. The van der Waals surface area contributed by atoms with Crippen LogP contribution >= 0.6 is 0 Å². The molecule has 0 atom stereocenters. The molecule has 0 aliphatic heterocycles. The molecule has 2 aromatic rings. The van der Waals surface area contributed by atoms with E-state index in [-0.39, 0.29) is 0 Å². The van der Waals surface area contributed by atoms with Gasteiger partial charge in [-0.1, -0.05) is 32.1 Å². The molecule has 2 N–H and O–H groups in total. The van der Waals surface area contributed by atoms with Gasteiger partial charge in [0.1, 0.15) is 0 Å². The van der Waals surface area contributed by atoms with E-state index in [1.54, 1.807) is 6.07 Å². The second kappa shape index (κ2) is 5.54. The van der Waals surface area contributed by atoms with Crippen LogP contribution in [0.3, 0.4) is 0 Å². The fraction of sp³-hybridized carbons (Fsp3) is 0.500. The number of fused-ring (bicyclic) bond motifs is 1. The van der Waals surface area contributed by atoms with Crippen molar-refractivity contribution < 1.29 is 0 Å². The number of rotatable bonds is 3. The van der Waals surface area contributed by atoms with Crippen LogP contribution in [0.25, 0.3) is 11.0 Å². The van der Waals surface area contributed by atoms with Gasteiger partial charge in [0.25, 0.3) is 0 Å². The average molecular weight is 268 g/mol. The van der Waals surface area contributed by atoms with Gasteiger partial charge in [0.2, 0.25) is 5.95 Å². The molecule has 3 rings (SSSR count). The Bertz CT molecular complexity index is 644. The number of imidazole rings is 1. The van der Waals surface area contributed by atoms with Crippen LogP contribution < -0.4 is 5.73 Å². The summed E-state index contributed by atoms with van der Waals surface area (Å²) in [5, 5.41) is 9.02. The van der Waals surface area contributed by atoms with E-state index in [1.165, 1.54) is 32.1 Å². The number of nitrogens with zero attached hydrogens (tertiary/aromatic N) is 3. The van der Waals surface area contributed by atoms with Crippen LogP contribution in [0.15, 0.2) is 18.2 Å². The third kappa shape index (κ3) is 2.49. The standard InChI is InChI=1S/C16H20N4/c17-11-13-6-7-14-15(10-13)20(16(18)19-14)9-8-12-4-2-1-3-5-12/h6-7,10,12H,1-5,8-9H2,(H2,18,19). The third-order valence-electron chi connectivity index (χ3n) is 4.39. The highest BCUT2D eigenvalue weighted by Crippen LogP contribution is 2.28. The normalized spacial score (nSPS) is 16.4. The Hall–Kier alpha value is -2.02. The fourth-order valence-electron chi connectivity index (χ4n) is 3.23. The maximum Gasteiger partial charge on any atom is 0.201 e. The SMILES string of the molecule is N#Cc1ccc2nc(N)n(CCC3CCCCC3)c2c1. The first-order valence-electron chi connectivity index (χ1n) is 7.44.